The third-order valence-electron chi connectivity index (χ3n) is 3.47. The molecule has 0 N–H and O–H groups in total. The fraction of sp³-hybridized carbons (Fsp3) is 0.150. The van der Waals surface area contributed by atoms with Crippen molar-refractivity contribution in [3.05, 3.63) is 91.0 Å². The number of allylic oxidation sites excluding steroid dienone is 1. The molecule has 0 aliphatic rings. The van der Waals surface area contributed by atoms with Crippen LogP contribution in [0.1, 0.15) is 22.3 Å². The lowest BCUT2D eigenvalue weighted by atomic mass is 10.1. The molecule has 0 saturated carbocycles. The molecule has 0 fully saturated rings. The maximum Gasteiger partial charge on any atom is 0.258 e. The van der Waals surface area contributed by atoms with Crippen LogP contribution in [0, 0.1) is 0 Å². The van der Waals surface area contributed by atoms with E-state index in [1.54, 1.807) is 0 Å². The number of carbonyl (C=O) groups is 1. The molecule has 2 nitrogen and oxygen atoms in total. The van der Waals surface area contributed by atoms with Gasteiger partial charge in [-0.25, -0.2) is 0 Å². The van der Waals surface area contributed by atoms with Crippen molar-refractivity contribution in [2.75, 3.05) is 11.4 Å². The van der Waals surface area contributed by atoms with Crippen molar-refractivity contribution in [2.45, 2.75) is 12.8 Å². The SMILES string of the molecule is C=CCCN(C(=O)c1ccccc1)c1ccccc1CC=C. The molecule has 2 heteroatoms. The maximum atomic E-state index is 12.9. The maximum absolute atomic E-state index is 12.9. The fourth-order valence-corrected chi connectivity index (χ4v) is 2.39. The first-order valence-electron chi connectivity index (χ1n) is 7.44. The molecule has 0 bridgehead atoms. The minimum atomic E-state index is 0.0129. The Morgan fingerprint density at radius 2 is 1.64 bits per heavy atom. The van der Waals surface area contributed by atoms with Crippen molar-refractivity contribution in [1.82, 2.24) is 0 Å². The van der Waals surface area contributed by atoms with Crippen LogP contribution in [0.3, 0.4) is 0 Å². The van der Waals surface area contributed by atoms with Gasteiger partial charge in [-0.2, -0.15) is 0 Å². The molecule has 0 aliphatic heterocycles. The second kappa shape index (κ2) is 7.99. The van der Waals surface area contributed by atoms with Crippen LogP contribution in [-0.2, 0) is 6.42 Å². The predicted molar refractivity (Wildman–Crippen MR) is 93.3 cm³/mol. The summed E-state index contributed by atoms with van der Waals surface area (Å²) >= 11 is 0. The first kappa shape index (κ1) is 15.8. The van der Waals surface area contributed by atoms with Crippen LogP contribution in [0.4, 0.5) is 5.69 Å². The third kappa shape index (κ3) is 3.73. The molecule has 0 spiro atoms. The first-order valence-corrected chi connectivity index (χ1v) is 7.44. The number of nitrogens with zero attached hydrogens (tertiary/aromatic N) is 1. The van der Waals surface area contributed by atoms with E-state index in [9.17, 15) is 4.79 Å². The van der Waals surface area contributed by atoms with Crippen molar-refractivity contribution < 1.29 is 4.79 Å². The minimum Gasteiger partial charge on any atom is -0.308 e. The van der Waals surface area contributed by atoms with Crippen LogP contribution < -0.4 is 4.90 Å². The lowest BCUT2D eigenvalue weighted by molar-refractivity contribution is 0.0987. The Bertz CT molecular complexity index is 646. The monoisotopic (exact) mass is 291 g/mol. The number of amides is 1. The number of rotatable bonds is 7. The summed E-state index contributed by atoms with van der Waals surface area (Å²) in [5.74, 6) is 0.0129. The highest BCUT2D eigenvalue weighted by molar-refractivity contribution is 6.06. The van der Waals surface area contributed by atoms with Crippen LogP contribution in [0.2, 0.25) is 0 Å². The van der Waals surface area contributed by atoms with Gasteiger partial charge in [0.25, 0.3) is 5.91 Å². The molecule has 0 aliphatic carbocycles. The highest BCUT2D eigenvalue weighted by Crippen LogP contribution is 2.23. The Hall–Kier alpha value is -2.61. The largest absolute Gasteiger partial charge is 0.308 e. The number of para-hydroxylation sites is 1. The second-order valence-corrected chi connectivity index (χ2v) is 5.02. The van der Waals surface area contributed by atoms with E-state index in [4.69, 9.17) is 0 Å². The molecule has 0 unspecified atom stereocenters. The van der Waals surface area contributed by atoms with E-state index < -0.39 is 0 Å². The topological polar surface area (TPSA) is 20.3 Å². The van der Waals surface area contributed by atoms with E-state index in [2.05, 4.69) is 13.2 Å². The van der Waals surface area contributed by atoms with Gasteiger partial charge in [0.05, 0.1) is 0 Å². The number of hydrogen-bond donors (Lipinski definition) is 0. The average Bonchev–Trinajstić information content (AvgIpc) is 2.57. The summed E-state index contributed by atoms with van der Waals surface area (Å²) in [6, 6.07) is 17.3. The van der Waals surface area contributed by atoms with Crippen molar-refractivity contribution in [3.63, 3.8) is 0 Å². The summed E-state index contributed by atoms with van der Waals surface area (Å²) in [5.41, 5.74) is 2.74. The van der Waals surface area contributed by atoms with Crippen LogP contribution in [0.5, 0.6) is 0 Å². The van der Waals surface area contributed by atoms with Gasteiger partial charge in [-0.3, -0.25) is 4.79 Å². The van der Waals surface area contributed by atoms with Crippen LogP contribution >= 0.6 is 0 Å². The normalized spacial score (nSPS) is 10.0. The Kier molecular flexibility index (Phi) is 5.73. The van der Waals surface area contributed by atoms with Gasteiger partial charge in [-0.1, -0.05) is 48.6 Å². The number of anilines is 1. The van der Waals surface area contributed by atoms with E-state index >= 15 is 0 Å². The fourth-order valence-electron chi connectivity index (χ4n) is 2.39. The zero-order chi connectivity index (χ0) is 15.8. The summed E-state index contributed by atoms with van der Waals surface area (Å²) in [5, 5.41) is 0. The molecule has 0 heterocycles. The van der Waals surface area contributed by atoms with Crippen LogP contribution in [-0.4, -0.2) is 12.5 Å². The molecular formula is C20H21NO. The Labute approximate surface area is 132 Å². The molecule has 0 aromatic heterocycles. The van der Waals surface area contributed by atoms with Gasteiger partial charge in [-0.15, -0.1) is 13.2 Å². The summed E-state index contributed by atoms with van der Waals surface area (Å²) in [6.07, 6.45) is 5.18. The number of carbonyl (C=O) groups excluding carboxylic acids is 1. The molecular weight excluding hydrogens is 270 g/mol. The molecule has 2 aromatic carbocycles. The summed E-state index contributed by atoms with van der Waals surface area (Å²) < 4.78 is 0. The van der Waals surface area contributed by atoms with Crippen LogP contribution in [0.15, 0.2) is 79.9 Å². The highest BCUT2D eigenvalue weighted by atomic mass is 16.2. The molecule has 0 radical (unpaired) electrons. The smallest absolute Gasteiger partial charge is 0.258 e. The van der Waals surface area contributed by atoms with Crippen molar-refractivity contribution in [2.24, 2.45) is 0 Å². The van der Waals surface area contributed by atoms with Gasteiger partial charge >= 0.3 is 0 Å². The number of benzene rings is 2. The predicted octanol–water partition coefficient (Wildman–Crippen LogP) is 4.64. The standard InChI is InChI=1S/C20H21NO/c1-3-5-16-21(20(22)18-13-7-6-8-14-18)19-15-10-9-12-17(19)11-4-2/h3-4,6-10,12-15H,1-2,5,11,16H2. The summed E-state index contributed by atoms with van der Waals surface area (Å²) in [6.45, 7) is 8.18. The Morgan fingerprint density at radius 3 is 2.32 bits per heavy atom. The van der Waals surface area contributed by atoms with E-state index in [1.807, 2.05) is 71.6 Å². The quantitative estimate of drug-likeness (QED) is 0.681. The van der Waals surface area contributed by atoms with Gasteiger partial charge in [0, 0.05) is 17.8 Å². The molecule has 0 saturated heterocycles. The van der Waals surface area contributed by atoms with Gasteiger partial charge in [0.1, 0.15) is 0 Å². The van der Waals surface area contributed by atoms with Crippen LogP contribution in [0.25, 0.3) is 0 Å². The zero-order valence-corrected chi connectivity index (χ0v) is 12.7. The summed E-state index contributed by atoms with van der Waals surface area (Å²) in [4.78, 5) is 14.7. The molecule has 2 aromatic rings. The lowest BCUT2D eigenvalue weighted by Crippen LogP contribution is -2.32. The highest BCUT2D eigenvalue weighted by Gasteiger charge is 2.18. The molecule has 112 valence electrons. The Morgan fingerprint density at radius 1 is 0.955 bits per heavy atom. The molecule has 0 atom stereocenters. The van der Waals surface area contributed by atoms with E-state index in [1.165, 1.54) is 0 Å². The van der Waals surface area contributed by atoms with E-state index in [-0.39, 0.29) is 5.91 Å². The molecule has 22 heavy (non-hydrogen) atoms. The number of hydrogen-bond acceptors (Lipinski definition) is 1. The van der Waals surface area contributed by atoms with Crippen molar-refractivity contribution in [3.8, 4) is 0 Å². The van der Waals surface area contributed by atoms with E-state index in [0.717, 1.165) is 24.1 Å². The second-order valence-electron chi connectivity index (χ2n) is 5.02. The zero-order valence-electron chi connectivity index (χ0n) is 12.7. The Balaban J connectivity index is 2.40. The molecule has 2 rings (SSSR count). The molecule has 1 amide bonds. The van der Waals surface area contributed by atoms with Gasteiger partial charge in [0.15, 0.2) is 0 Å². The van der Waals surface area contributed by atoms with Crippen molar-refractivity contribution in [1.29, 1.82) is 0 Å². The minimum absolute atomic E-state index is 0.0129. The van der Waals surface area contributed by atoms with E-state index in [0.29, 0.717) is 12.1 Å². The lowest BCUT2D eigenvalue weighted by Gasteiger charge is -2.25. The van der Waals surface area contributed by atoms with Crippen molar-refractivity contribution >= 4 is 11.6 Å². The third-order valence-corrected chi connectivity index (χ3v) is 3.47. The average molecular weight is 291 g/mol. The van der Waals surface area contributed by atoms with Gasteiger partial charge in [-0.05, 0) is 36.6 Å². The summed E-state index contributed by atoms with van der Waals surface area (Å²) in [7, 11) is 0. The first-order chi connectivity index (χ1) is 10.8. The van der Waals surface area contributed by atoms with Gasteiger partial charge < -0.3 is 4.90 Å². The van der Waals surface area contributed by atoms with Gasteiger partial charge in [0.2, 0.25) is 0 Å².